The average molecular weight is 314 g/mol. The van der Waals surface area contributed by atoms with Gasteiger partial charge in [0.2, 0.25) is 0 Å². The molecule has 1 aliphatic rings. The maximum atomic E-state index is 12.2. The van der Waals surface area contributed by atoms with E-state index in [-0.39, 0.29) is 5.91 Å². The van der Waals surface area contributed by atoms with E-state index in [1.165, 1.54) is 6.26 Å². The maximum Gasteiger partial charge on any atom is 0.325 e. The van der Waals surface area contributed by atoms with Crippen LogP contribution in [-0.4, -0.2) is 53.0 Å². The van der Waals surface area contributed by atoms with Crippen LogP contribution in [0.5, 0.6) is 0 Å². The van der Waals surface area contributed by atoms with Crippen LogP contribution >= 0.6 is 0 Å². The van der Waals surface area contributed by atoms with Crippen molar-refractivity contribution in [2.75, 3.05) is 26.2 Å². The van der Waals surface area contributed by atoms with Gasteiger partial charge in [0.15, 0.2) is 5.76 Å². The number of carbonyl (C=O) groups is 2. The molecule has 1 aromatic carbocycles. The van der Waals surface area contributed by atoms with E-state index in [2.05, 4.69) is 0 Å². The molecule has 1 amide bonds. The highest BCUT2D eigenvalue weighted by molar-refractivity contribution is 5.91. The summed E-state index contributed by atoms with van der Waals surface area (Å²) in [4.78, 5) is 27.5. The van der Waals surface area contributed by atoms with Gasteiger partial charge in [-0.05, 0) is 17.7 Å². The minimum atomic E-state index is -0.873. The number of furan rings is 1. The van der Waals surface area contributed by atoms with Crippen molar-refractivity contribution in [1.29, 1.82) is 0 Å². The van der Waals surface area contributed by atoms with Crippen LogP contribution in [0.1, 0.15) is 22.2 Å². The Bertz CT molecular complexity index is 661. The number of nitrogens with zero attached hydrogens (tertiary/aromatic N) is 2. The third kappa shape index (κ3) is 3.27. The van der Waals surface area contributed by atoms with E-state index in [0.717, 1.165) is 5.56 Å². The number of hydrogen-bond acceptors (Lipinski definition) is 4. The van der Waals surface area contributed by atoms with E-state index in [0.29, 0.717) is 31.9 Å². The van der Waals surface area contributed by atoms with Crippen LogP contribution in [0.4, 0.5) is 0 Å². The molecule has 0 bridgehead atoms. The lowest BCUT2D eigenvalue weighted by atomic mass is 10.0. The lowest BCUT2D eigenvalue weighted by Crippen LogP contribution is -2.51. The molecule has 1 N–H and O–H groups in total. The number of carbonyl (C=O) groups excluding carboxylic acids is 1. The molecule has 3 rings (SSSR count). The van der Waals surface area contributed by atoms with Crippen molar-refractivity contribution < 1.29 is 19.1 Å². The number of carboxylic acid groups (broad SMARTS) is 1. The van der Waals surface area contributed by atoms with E-state index in [1.54, 1.807) is 17.0 Å². The predicted octanol–water partition coefficient (Wildman–Crippen LogP) is 1.86. The Balaban J connectivity index is 1.67. The van der Waals surface area contributed by atoms with Crippen molar-refractivity contribution in [1.82, 2.24) is 9.80 Å². The van der Waals surface area contributed by atoms with E-state index in [4.69, 9.17) is 4.42 Å². The van der Waals surface area contributed by atoms with Crippen LogP contribution in [0.2, 0.25) is 0 Å². The third-order valence-electron chi connectivity index (χ3n) is 4.05. The topological polar surface area (TPSA) is 74.0 Å². The first-order valence-corrected chi connectivity index (χ1v) is 7.51. The number of rotatable bonds is 4. The molecule has 6 heteroatoms. The summed E-state index contributed by atoms with van der Waals surface area (Å²) in [5.41, 5.74) is 0.755. The molecule has 6 nitrogen and oxygen atoms in total. The molecule has 0 radical (unpaired) electrons. The zero-order valence-corrected chi connectivity index (χ0v) is 12.6. The number of benzene rings is 1. The van der Waals surface area contributed by atoms with Crippen molar-refractivity contribution >= 4 is 11.9 Å². The van der Waals surface area contributed by atoms with Gasteiger partial charge in [-0.25, -0.2) is 0 Å². The Hall–Kier alpha value is -2.60. The Kier molecular flexibility index (Phi) is 4.43. The zero-order chi connectivity index (χ0) is 16.2. The molecule has 1 saturated heterocycles. The van der Waals surface area contributed by atoms with Crippen molar-refractivity contribution in [2.24, 2.45) is 0 Å². The first-order chi connectivity index (χ1) is 11.2. The van der Waals surface area contributed by atoms with E-state index >= 15 is 0 Å². The molecule has 2 heterocycles. The molecule has 0 aliphatic carbocycles. The fourth-order valence-electron chi connectivity index (χ4n) is 2.88. The van der Waals surface area contributed by atoms with Gasteiger partial charge < -0.3 is 14.4 Å². The Morgan fingerprint density at radius 1 is 1.00 bits per heavy atom. The smallest absolute Gasteiger partial charge is 0.325 e. The SMILES string of the molecule is O=C(O)C(c1ccccc1)N1CCN(C(=O)c2ccco2)CC1. The highest BCUT2D eigenvalue weighted by Gasteiger charge is 2.32. The second-order valence-corrected chi connectivity index (χ2v) is 5.46. The number of carboxylic acids is 1. The second kappa shape index (κ2) is 6.66. The molecule has 120 valence electrons. The van der Waals surface area contributed by atoms with Crippen LogP contribution in [0.3, 0.4) is 0 Å². The van der Waals surface area contributed by atoms with Gasteiger partial charge in [0, 0.05) is 26.2 Å². The first kappa shape index (κ1) is 15.3. The fourth-order valence-corrected chi connectivity index (χ4v) is 2.88. The van der Waals surface area contributed by atoms with Crippen molar-refractivity contribution in [2.45, 2.75) is 6.04 Å². The molecule has 1 aliphatic heterocycles. The van der Waals surface area contributed by atoms with Gasteiger partial charge in [0.05, 0.1) is 6.26 Å². The summed E-state index contributed by atoms with van der Waals surface area (Å²) in [6.45, 7) is 1.99. The van der Waals surface area contributed by atoms with Crippen LogP contribution < -0.4 is 0 Å². The lowest BCUT2D eigenvalue weighted by Gasteiger charge is -2.37. The Morgan fingerprint density at radius 2 is 1.70 bits per heavy atom. The molecule has 23 heavy (non-hydrogen) atoms. The van der Waals surface area contributed by atoms with Crippen LogP contribution in [0, 0.1) is 0 Å². The third-order valence-corrected chi connectivity index (χ3v) is 4.05. The van der Waals surface area contributed by atoms with E-state index < -0.39 is 12.0 Å². The van der Waals surface area contributed by atoms with Crippen molar-refractivity contribution in [3.63, 3.8) is 0 Å². The standard InChI is InChI=1S/C17H18N2O4/c20-16(14-7-4-12-23-14)19-10-8-18(9-11-19)15(17(21)22)13-5-2-1-3-6-13/h1-7,12,15H,8-11H2,(H,21,22). The van der Waals surface area contributed by atoms with Gasteiger partial charge in [0.25, 0.3) is 5.91 Å². The molecule has 1 fully saturated rings. The van der Waals surface area contributed by atoms with E-state index in [1.807, 2.05) is 35.2 Å². The molecule has 0 saturated carbocycles. The van der Waals surface area contributed by atoms with Crippen LogP contribution in [-0.2, 0) is 4.79 Å². The zero-order valence-electron chi connectivity index (χ0n) is 12.6. The van der Waals surface area contributed by atoms with Crippen molar-refractivity contribution in [3.8, 4) is 0 Å². The Labute approximate surface area is 133 Å². The summed E-state index contributed by atoms with van der Waals surface area (Å²) in [6.07, 6.45) is 1.47. The molecule has 1 unspecified atom stereocenters. The highest BCUT2D eigenvalue weighted by atomic mass is 16.4. The molecule has 2 aromatic rings. The molecular formula is C17H18N2O4. The molecule has 1 atom stereocenters. The number of amides is 1. The average Bonchev–Trinajstić information content (AvgIpc) is 3.10. The van der Waals surface area contributed by atoms with Gasteiger partial charge in [-0.3, -0.25) is 14.5 Å². The normalized spacial score (nSPS) is 17.0. The second-order valence-electron chi connectivity index (χ2n) is 5.46. The van der Waals surface area contributed by atoms with Gasteiger partial charge >= 0.3 is 5.97 Å². The summed E-state index contributed by atoms with van der Waals surface area (Å²) in [7, 11) is 0. The lowest BCUT2D eigenvalue weighted by molar-refractivity contribution is -0.144. The monoisotopic (exact) mass is 314 g/mol. The summed E-state index contributed by atoms with van der Waals surface area (Å²) in [5.74, 6) is -0.709. The minimum Gasteiger partial charge on any atom is -0.480 e. The fraction of sp³-hybridized carbons (Fsp3) is 0.294. The molecule has 0 spiro atoms. The largest absolute Gasteiger partial charge is 0.480 e. The number of piperazine rings is 1. The van der Waals surface area contributed by atoms with Gasteiger partial charge in [0.1, 0.15) is 6.04 Å². The van der Waals surface area contributed by atoms with Crippen molar-refractivity contribution in [3.05, 3.63) is 60.1 Å². The summed E-state index contributed by atoms with van der Waals surface area (Å²) < 4.78 is 5.13. The molecular weight excluding hydrogens is 296 g/mol. The number of hydrogen-bond donors (Lipinski definition) is 1. The van der Waals surface area contributed by atoms with E-state index in [9.17, 15) is 14.7 Å². The molecule has 1 aromatic heterocycles. The predicted molar refractivity (Wildman–Crippen MR) is 83.0 cm³/mol. The van der Waals surface area contributed by atoms with Crippen LogP contribution in [0.25, 0.3) is 0 Å². The summed E-state index contributed by atoms with van der Waals surface area (Å²) in [5, 5.41) is 9.57. The quantitative estimate of drug-likeness (QED) is 0.932. The summed E-state index contributed by atoms with van der Waals surface area (Å²) in [6, 6.07) is 11.8. The van der Waals surface area contributed by atoms with Gasteiger partial charge in [-0.1, -0.05) is 30.3 Å². The minimum absolute atomic E-state index is 0.152. The van der Waals surface area contributed by atoms with Crippen LogP contribution in [0.15, 0.2) is 53.1 Å². The number of aliphatic carboxylic acids is 1. The Morgan fingerprint density at radius 3 is 2.26 bits per heavy atom. The first-order valence-electron chi connectivity index (χ1n) is 7.51. The summed E-state index contributed by atoms with van der Waals surface area (Å²) >= 11 is 0. The van der Waals surface area contributed by atoms with Gasteiger partial charge in [-0.15, -0.1) is 0 Å². The highest BCUT2D eigenvalue weighted by Crippen LogP contribution is 2.23. The maximum absolute atomic E-state index is 12.2. The van der Waals surface area contributed by atoms with Gasteiger partial charge in [-0.2, -0.15) is 0 Å².